The molecule has 0 atom stereocenters. The van der Waals surface area contributed by atoms with Gasteiger partial charge in [-0.25, -0.2) is 0 Å². The van der Waals surface area contributed by atoms with Crippen LogP contribution in [0.4, 0.5) is 5.69 Å². The molecule has 0 amide bonds. The van der Waals surface area contributed by atoms with Crippen LogP contribution in [0.25, 0.3) is 5.57 Å². The summed E-state index contributed by atoms with van der Waals surface area (Å²) in [5, 5.41) is 0. The van der Waals surface area contributed by atoms with Gasteiger partial charge in [-0.2, -0.15) is 0 Å². The molecule has 0 unspecified atom stereocenters. The molecule has 68 valence electrons. The maximum Gasteiger partial charge on any atom is 0.0314 e. The van der Waals surface area contributed by atoms with Crippen LogP contribution in [0.1, 0.15) is 31.2 Å². The van der Waals surface area contributed by atoms with Crippen LogP contribution in [0.5, 0.6) is 0 Å². The zero-order valence-corrected chi connectivity index (χ0v) is 7.79. The van der Waals surface area contributed by atoms with E-state index in [1.807, 2.05) is 12.1 Å². The lowest BCUT2D eigenvalue weighted by Crippen LogP contribution is -1.92. The first-order valence-corrected chi connectivity index (χ1v) is 4.91. The highest BCUT2D eigenvalue weighted by Crippen LogP contribution is 2.26. The number of hydrogen-bond donors (Lipinski definition) is 1. The van der Waals surface area contributed by atoms with E-state index in [2.05, 4.69) is 18.2 Å². The predicted octanol–water partition coefficient (Wildman–Crippen LogP) is 3.23. The third kappa shape index (κ3) is 1.92. The molecule has 1 aliphatic rings. The first-order valence-electron chi connectivity index (χ1n) is 4.91. The quantitative estimate of drug-likeness (QED) is 0.648. The molecule has 1 nitrogen and oxygen atoms in total. The molecule has 1 aromatic carbocycles. The van der Waals surface area contributed by atoms with Crippen LogP contribution in [-0.2, 0) is 0 Å². The molecule has 0 saturated carbocycles. The molecule has 0 aromatic heterocycles. The largest absolute Gasteiger partial charge is 0.399 e. The van der Waals surface area contributed by atoms with Gasteiger partial charge < -0.3 is 5.73 Å². The first-order chi connectivity index (χ1) is 6.36. The van der Waals surface area contributed by atoms with Crippen molar-refractivity contribution in [3.8, 4) is 0 Å². The SMILES string of the molecule is Nc1ccc(C2=CCCCC2)cc1. The van der Waals surface area contributed by atoms with E-state index < -0.39 is 0 Å². The first kappa shape index (κ1) is 8.36. The van der Waals surface area contributed by atoms with E-state index >= 15 is 0 Å². The fourth-order valence-electron chi connectivity index (χ4n) is 1.80. The van der Waals surface area contributed by atoms with Gasteiger partial charge in [0.2, 0.25) is 0 Å². The van der Waals surface area contributed by atoms with Crippen molar-refractivity contribution in [2.45, 2.75) is 25.7 Å². The van der Waals surface area contributed by atoms with Gasteiger partial charge in [-0.15, -0.1) is 0 Å². The minimum atomic E-state index is 0.847. The summed E-state index contributed by atoms with van der Waals surface area (Å²) in [5.74, 6) is 0. The summed E-state index contributed by atoms with van der Waals surface area (Å²) in [7, 11) is 0. The molecular formula is C12H15N. The van der Waals surface area contributed by atoms with Crippen molar-refractivity contribution in [2.75, 3.05) is 5.73 Å². The number of rotatable bonds is 1. The lowest BCUT2D eigenvalue weighted by Gasteiger charge is -2.12. The number of benzene rings is 1. The van der Waals surface area contributed by atoms with Gasteiger partial charge in [-0.3, -0.25) is 0 Å². The maximum atomic E-state index is 5.64. The fourth-order valence-corrected chi connectivity index (χ4v) is 1.80. The number of allylic oxidation sites excluding steroid dienone is 2. The highest BCUT2D eigenvalue weighted by Gasteiger charge is 2.04. The normalized spacial score (nSPS) is 16.8. The van der Waals surface area contributed by atoms with Crippen LogP contribution in [-0.4, -0.2) is 0 Å². The Morgan fingerprint density at radius 3 is 2.38 bits per heavy atom. The molecule has 2 rings (SSSR count). The minimum Gasteiger partial charge on any atom is -0.399 e. The van der Waals surface area contributed by atoms with Gasteiger partial charge in [0.1, 0.15) is 0 Å². The Labute approximate surface area is 79.3 Å². The summed E-state index contributed by atoms with van der Waals surface area (Å²) in [4.78, 5) is 0. The van der Waals surface area contributed by atoms with Crippen LogP contribution >= 0.6 is 0 Å². The Morgan fingerprint density at radius 2 is 1.77 bits per heavy atom. The Kier molecular flexibility index (Phi) is 2.35. The highest BCUT2D eigenvalue weighted by atomic mass is 14.5. The maximum absolute atomic E-state index is 5.64. The third-order valence-electron chi connectivity index (χ3n) is 2.57. The second kappa shape index (κ2) is 3.65. The zero-order chi connectivity index (χ0) is 9.10. The van der Waals surface area contributed by atoms with Gasteiger partial charge in [0.05, 0.1) is 0 Å². The molecule has 0 saturated heterocycles. The van der Waals surface area contributed by atoms with E-state index in [1.54, 1.807) is 0 Å². The highest BCUT2D eigenvalue weighted by molar-refractivity contribution is 5.67. The minimum absolute atomic E-state index is 0.847. The molecule has 0 spiro atoms. The van der Waals surface area contributed by atoms with Gasteiger partial charge in [-0.05, 0) is 49.0 Å². The molecule has 1 heteroatoms. The van der Waals surface area contributed by atoms with E-state index in [0.717, 1.165) is 5.69 Å². The van der Waals surface area contributed by atoms with Crippen LogP contribution in [0.15, 0.2) is 30.3 Å². The van der Waals surface area contributed by atoms with Crippen molar-refractivity contribution in [3.63, 3.8) is 0 Å². The van der Waals surface area contributed by atoms with E-state index in [0.29, 0.717) is 0 Å². The van der Waals surface area contributed by atoms with Crippen molar-refractivity contribution in [3.05, 3.63) is 35.9 Å². The standard InChI is InChI=1S/C12H15N/c13-12-8-6-11(7-9-12)10-4-2-1-3-5-10/h4,6-9H,1-3,5,13H2. The molecule has 2 N–H and O–H groups in total. The number of nitrogen functional groups attached to an aromatic ring is 1. The van der Waals surface area contributed by atoms with Crippen LogP contribution in [0, 0.1) is 0 Å². The molecule has 0 heterocycles. The van der Waals surface area contributed by atoms with Gasteiger partial charge in [0, 0.05) is 5.69 Å². The van der Waals surface area contributed by atoms with Gasteiger partial charge >= 0.3 is 0 Å². The predicted molar refractivity (Wildman–Crippen MR) is 57.3 cm³/mol. The van der Waals surface area contributed by atoms with E-state index in [-0.39, 0.29) is 0 Å². The second-order valence-electron chi connectivity index (χ2n) is 3.60. The molecule has 0 fully saturated rings. The molecular weight excluding hydrogens is 158 g/mol. The van der Waals surface area contributed by atoms with Gasteiger partial charge in [0.15, 0.2) is 0 Å². The van der Waals surface area contributed by atoms with Crippen LogP contribution in [0.2, 0.25) is 0 Å². The van der Waals surface area contributed by atoms with Crippen LogP contribution < -0.4 is 5.73 Å². The lowest BCUT2D eigenvalue weighted by atomic mass is 9.94. The van der Waals surface area contributed by atoms with Gasteiger partial charge in [0.25, 0.3) is 0 Å². The molecule has 1 aromatic rings. The number of anilines is 1. The topological polar surface area (TPSA) is 26.0 Å². The second-order valence-corrected chi connectivity index (χ2v) is 3.60. The van der Waals surface area contributed by atoms with Crippen LogP contribution in [0.3, 0.4) is 0 Å². The molecule has 13 heavy (non-hydrogen) atoms. The molecule has 0 radical (unpaired) electrons. The summed E-state index contributed by atoms with van der Waals surface area (Å²) in [6, 6.07) is 8.19. The Hall–Kier alpha value is -1.24. The fraction of sp³-hybridized carbons (Fsp3) is 0.333. The molecule has 0 aliphatic heterocycles. The average molecular weight is 173 g/mol. The monoisotopic (exact) mass is 173 g/mol. The van der Waals surface area contributed by atoms with Crippen molar-refractivity contribution in [2.24, 2.45) is 0 Å². The number of hydrogen-bond acceptors (Lipinski definition) is 1. The van der Waals surface area contributed by atoms with Crippen molar-refractivity contribution in [1.29, 1.82) is 0 Å². The van der Waals surface area contributed by atoms with Crippen molar-refractivity contribution < 1.29 is 0 Å². The Bertz CT molecular complexity index is 308. The van der Waals surface area contributed by atoms with Gasteiger partial charge in [-0.1, -0.05) is 18.2 Å². The van der Waals surface area contributed by atoms with Crippen molar-refractivity contribution >= 4 is 11.3 Å². The lowest BCUT2D eigenvalue weighted by molar-refractivity contribution is 0.742. The number of nitrogens with two attached hydrogens (primary N) is 1. The summed E-state index contributed by atoms with van der Waals surface area (Å²) in [6.45, 7) is 0. The summed E-state index contributed by atoms with van der Waals surface area (Å²) < 4.78 is 0. The van der Waals surface area contributed by atoms with E-state index in [1.165, 1.54) is 36.8 Å². The molecule has 1 aliphatic carbocycles. The molecule has 0 bridgehead atoms. The Balaban J connectivity index is 2.24. The Morgan fingerprint density at radius 1 is 1.00 bits per heavy atom. The summed E-state index contributed by atoms with van der Waals surface area (Å²) in [6.07, 6.45) is 7.49. The zero-order valence-electron chi connectivity index (χ0n) is 7.79. The summed E-state index contributed by atoms with van der Waals surface area (Å²) >= 11 is 0. The average Bonchev–Trinajstić information content (AvgIpc) is 2.20. The van der Waals surface area contributed by atoms with E-state index in [9.17, 15) is 0 Å². The summed E-state index contributed by atoms with van der Waals surface area (Å²) in [5.41, 5.74) is 9.32. The smallest absolute Gasteiger partial charge is 0.0314 e. The third-order valence-corrected chi connectivity index (χ3v) is 2.57. The van der Waals surface area contributed by atoms with E-state index in [4.69, 9.17) is 5.73 Å². The van der Waals surface area contributed by atoms with Crippen molar-refractivity contribution in [1.82, 2.24) is 0 Å².